The highest BCUT2D eigenvalue weighted by Crippen LogP contribution is 2.36. The van der Waals surface area contributed by atoms with Crippen LogP contribution in [0.2, 0.25) is 0 Å². The van der Waals surface area contributed by atoms with Crippen molar-refractivity contribution in [3.05, 3.63) is 46.5 Å². The predicted molar refractivity (Wildman–Crippen MR) is 106 cm³/mol. The summed E-state index contributed by atoms with van der Waals surface area (Å²) in [6.07, 6.45) is 0. The monoisotopic (exact) mass is 389 g/mol. The SMILES string of the molecule is CN(CCS)c1ccc(N=Nc2snc3ccc([N+](=O)[O-])cc23)c(O)c1. The van der Waals surface area contributed by atoms with E-state index in [4.69, 9.17) is 0 Å². The number of nitro groups is 1. The minimum absolute atomic E-state index is 0.00272. The Hall–Kier alpha value is -2.72. The third-order valence-corrected chi connectivity index (χ3v) is 4.70. The number of nitro benzene ring substituents is 1. The highest BCUT2D eigenvalue weighted by Gasteiger charge is 2.12. The minimum Gasteiger partial charge on any atom is -0.506 e. The zero-order valence-electron chi connectivity index (χ0n) is 13.7. The molecule has 0 radical (unpaired) electrons. The van der Waals surface area contributed by atoms with Crippen LogP contribution in [0.5, 0.6) is 5.75 Å². The molecule has 0 amide bonds. The van der Waals surface area contributed by atoms with Crippen molar-refractivity contribution in [1.29, 1.82) is 0 Å². The molecule has 0 aliphatic rings. The number of thiol groups is 1. The fraction of sp³-hybridized carbons (Fsp3) is 0.188. The van der Waals surface area contributed by atoms with Crippen molar-refractivity contribution >= 4 is 57.1 Å². The van der Waals surface area contributed by atoms with Gasteiger partial charge in [0.1, 0.15) is 11.4 Å². The molecule has 1 N–H and O–H groups in total. The molecule has 10 heteroatoms. The van der Waals surface area contributed by atoms with Gasteiger partial charge < -0.3 is 10.0 Å². The number of benzene rings is 2. The first-order valence-electron chi connectivity index (χ1n) is 7.60. The van der Waals surface area contributed by atoms with Crippen LogP contribution in [0.15, 0.2) is 46.6 Å². The molecule has 0 unspecified atom stereocenters. The molecule has 26 heavy (non-hydrogen) atoms. The van der Waals surface area contributed by atoms with Crippen LogP contribution < -0.4 is 4.90 Å². The average molecular weight is 389 g/mol. The van der Waals surface area contributed by atoms with Gasteiger partial charge in [0.25, 0.3) is 5.69 Å². The first kappa shape index (κ1) is 18.1. The van der Waals surface area contributed by atoms with Gasteiger partial charge in [-0.2, -0.15) is 17.0 Å². The van der Waals surface area contributed by atoms with Gasteiger partial charge in [0.2, 0.25) is 0 Å². The molecule has 0 spiro atoms. The summed E-state index contributed by atoms with van der Waals surface area (Å²) < 4.78 is 4.20. The van der Waals surface area contributed by atoms with Gasteiger partial charge in [0.05, 0.1) is 10.4 Å². The van der Waals surface area contributed by atoms with E-state index in [1.807, 2.05) is 18.0 Å². The Bertz CT molecular complexity index is 989. The Morgan fingerprint density at radius 3 is 2.81 bits per heavy atom. The number of phenols is 1. The third-order valence-electron chi connectivity index (χ3n) is 3.74. The van der Waals surface area contributed by atoms with Crippen LogP contribution in [-0.2, 0) is 0 Å². The summed E-state index contributed by atoms with van der Waals surface area (Å²) in [5.41, 5.74) is 1.73. The van der Waals surface area contributed by atoms with Crippen molar-refractivity contribution < 1.29 is 10.0 Å². The van der Waals surface area contributed by atoms with Gasteiger partial charge >= 0.3 is 0 Å². The summed E-state index contributed by atoms with van der Waals surface area (Å²) in [5, 5.41) is 30.3. The quantitative estimate of drug-likeness (QED) is 0.275. The number of nitrogens with zero attached hydrogens (tertiary/aromatic N) is 5. The molecule has 0 atom stereocenters. The second-order valence-electron chi connectivity index (χ2n) is 5.46. The number of azo groups is 1. The lowest BCUT2D eigenvalue weighted by atomic mass is 10.2. The number of non-ortho nitro benzene ring substituents is 1. The highest BCUT2D eigenvalue weighted by molar-refractivity contribution is 7.80. The Balaban J connectivity index is 1.89. The first-order chi connectivity index (χ1) is 12.5. The van der Waals surface area contributed by atoms with E-state index in [1.165, 1.54) is 12.1 Å². The predicted octanol–water partition coefficient (Wildman–Crippen LogP) is 4.69. The number of fused-ring (bicyclic) bond motifs is 1. The maximum atomic E-state index is 10.9. The van der Waals surface area contributed by atoms with E-state index in [0.29, 0.717) is 27.3 Å². The molecule has 0 saturated heterocycles. The number of hydrogen-bond acceptors (Lipinski definition) is 9. The second kappa shape index (κ2) is 7.67. The van der Waals surface area contributed by atoms with E-state index in [-0.39, 0.29) is 11.4 Å². The van der Waals surface area contributed by atoms with Gasteiger partial charge in [0.15, 0.2) is 5.00 Å². The fourth-order valence-electron chi connectivity index (χ4n) is 2.31. The van der Waals surface area contributed by atoms with Crippen LogP contribution in [0.4, 0.5) is 22.1 Å². The van der Waals surface area contributed by atoms with Crippen LogP contribution in [-0.4, -0.2) is 33.7 Å². The zero-order valence-corrected chi connectivity index (χ0v) is 15.4. The summed E-state index contributed by atoms with van der Waals surface area (Å²) in [7, 11) is 1.91. The molecule has 1 aromatic heterocycles. The maximum Gasteiger partial charge on any atom is 0.270 e. The Labute approximate surface area is 158 Å². The average Bonchev–Trinajstić information content (AvgIpc) is 3.03. The molecular weight excluding hydrogens is 374 g/mol. The van der Waals surface area contributed by atoms with Crippen LogP contribution >= 0.6 is 24.2 Å². The number of rotatable bonds is 6. The molecule has 134 valence electrons. The topological polar surface area (TPSA) is 104 Å². The smallest absolute Gasteiger partial charge is 0.270 e. The number of hydrogen-bond donors (Lipinski definition) is 2. The molecule has 0 fully saturated rings. The minimum atomic E-state index is -0.468. The van der Waals surface area contributed by atoms with Crippen LogP contribution in [0.25, 0.3) is 10.9 Å². The van der Waals surface area contributed by atoms with Gasteiger partial charge in [-0.3, -0.25) is 10.1 Å². The fourth-order valence-corrected chi connectivity index (χ4v) is 3.30. The summed E-state index contributed by atoms with van der Waals surface area (Å²) in [4.78, 5) is 12.4. The standard InChI is InChI=1S/C16H15N5O3S2/c1-20(6-7-25)10-2-5-14(15(22)9-10)17-18-16-12-8-11(21(23)24)3-4-13(12)19-26-16/h2-5,8-9,22,25H,6-7H2,1H3. The molecule has 0 bridgehead atoms. The van der Waals surface area contributed by atoms with E-state index in [2.05, 4.69) is 27.2 Å². The maximum absolute atomic E-state index is 10.9. The molecule has 1 heterocycles. The molecular formula is C16H15N5O3S2. The van der Waals surface area contributed by atoms with Crippen molar-refractivity contribution in [2.45, 2.75) is 0 Å². The van der Waals surface area contributed by atoms with Crippen molar-refractivity contribution in [3.63, 3.8) is 0 Å². The Morgan fingerprint density at radius 2 is 2.12 bits per heavy atom. The zero-order chi connectivity index (χ0) is 18.7. The van der Waals surface area contributed by atoms with Crippen molar-refractivity contribution in [2.24, 2.45) is 10.2 Å². The van der Waals surface area contributed by atoms with Gasteiger partial charge in [-0.05, 0) is 29.7 Å². The summed E-state index contributed by atoms with van der Waals surface area (Å²) in [6.45, 7) is 0.745. The molecule has 8 nitrogen and oxygen atoms in total. The molecule has 2 aromatic carbocycles. The van der Waals surface area contributed by atoms with Gasteiger partial charge in [-0.1, -0.05) is 0 Å². The van der Waals surface area contributed by atoms with Crippen molar-refractivity contribution in [2.75, 3.05) is 24.2 Å². The third kappa shape index (κ3) is 3.75. The number of anilines is 1. The molecule has 0 saturated carbocycles. The molecule has 3 rings (SSSR count). The number of phenolic OH excluding ortho intramolecular Hbond substituents is 1. The normalized spacial score (nSPS) is 11.3. The first-order valence-corrected chi connectivity index (χ1v) is 9.01. The van der Waals surface area contributed by atoms with Crippen LogP contribution in [0.3, 0.4) is 0 Å². The van der Waals surface area contributed by atoms with Gasteiger partial charge in [0, 0.05) is 48.6 Å². The Morgan fingerprint density at radius 1 is 1.31 bits per heavy atom. The number of aromatic nitrogens is 1. The largest absolute Gasteiger partial charge is 0.506 e. The van der Waals surface area contributed by atoms with Crippen molar-refractivity contribution in [1.82, 2.24) is 4.37 Å². The lowest BCUT2D eigenvalue weighted by molar-refractivity contribution is -0.384. The van der Waals surface area contributed by atoms with E-state index >= 15 is 0 Å². The van der Waals surface area contributed by atoms with Crippen LogP contribution in [0, 0.1) is 10.1 Å². The van der Waals surface area contributed by atoms with Gasteiger partial charge in [-0.15, -0.1) is 10.2 Å². The lowest BCUT2D eigenvalue weighted by Gasteiger charge is -2.18. The van der Waals surface area contributed by atoms with E-state index in [0.717, 1.165) is 23.8 Å². The van der Waals surface area contributed by atoms with E-state index < -0.39 is 4.92 Å². The van der Waals surface area contributed by atoms with Crippen molar-refractivity contribution in [3.8, 4) is 5.75 Å². The second-order valence-corrected chi connectivity index (χ2v) is 6.66. The summed E-state index contributed by atoms with van der Waals surface area (Å²) in [6, 6.07) is 9.49. The number of aromatic hydroxyl groups is 1. The van der Waals surface area contributed by atoms with E-state index in [1.54, 1.807) is 18.2 Å². The van der Waals surface area contributed by atoms with E-state index in [9.17, 15) is 15.2 Å². The van der Waals surface area contributed by atoms with Crippen LogP contribution in [0.1, 0.15) is 0 Å². The highest BCUT2D eigenvalue weighted by atomic mass is 32.1. The Kier molecular flexibility index (Phi) is 5.33. The molecule has 0 aliphatic carbocycles. The lowest BCUT2D eigenvalue weighted by Crippen LogP contribution is -2.19. The molecule has 3 aromatic rings. The molecule has 0 aliphatic heterocycles. The summed E-state index contributed by atoms with van der Waals surface area (Å²) >= 11 is 5.28. The summed E-state index contributed by atoms with van der Waals surface area (Å²) in [5.74, 6) is 0.695. The van der Waals surface area contributed by atoms with Gasteiger partial charge in [-0.25, -0.2) is 0 Å².